The average Bonchev–Trinajstić information content (AvgIpc) is 2.68. The van der Waals surface area contributed by atoms with E-state index in [-0.39, 0.29) is 0 Å². The Morgan fingerprint density at radius 1 is 0.963 bits per heavy atom. The maximum atomic E-state index is 12.7. The molecule has 0 unspecified atom stereocenters. The summed E-state index contributed by atoms with van der Waals surface area (Å²) in [4.78, 5) is 18.1. The highest BCUT2D eigenvalue weighted by molar-refractivity contribution is 5.53. The molecule has 0 fully saturated rings. The Hall–Kier alpha value is -2.87. The largest absolute Gasteiger partial charge is 0.451 e. The van der Waals surface area contributed by atoms with Crippen LogP contribution in [-0.2, 0) is 25.7 Å². The monoisotopic (exact) mass is 371 g/mol. The molecule has 1 aliphatic rings. The lowest BCUT2D eigenvalue weighted by molar-refractivity contribution is -0.145. The minimum Gasteiger partial charge on any atom is -0.294 e. The van der Waals surface area contributed by atoms with Gasteiger partial charge in [0.1, 0.15) is 0 Å². The summed E-state index contributed by atoms with van der Waals surface area (Å²) < 4.78 is 38.2. The molecule has 0 spiro atoms. The summed E-state index contributed by atoms with van der Waals surface area (Å²) in [6, 6.07) is 9.71. The van der Waals surface area contributed by atoms with Crippen molar-refractivity contribution in [3.8, 4) is 11.4 Å². The zero-order chi connectivity index (χ0) is 18.9. The van der Waals surface area contributed by atoms with Gasteiger partial charge in [-0.25, -0.2) is 19.9 Å². The van der Waals surface area contributed by atoms with Gasteiger partial charge >= 0.3 is 6.18 Å². The number of rotatable bonds is 3. The molecular formula is C19H16F3N5. The molecule has 27 heavy (non-hydrogen) atoms. The molecule has 0 saturated carbocycles. The Kier molecular flexibility index (Phi) is 4.57. The third-order valence-corrected chi connectivity index (χ3v) is 4.41. The molecule has 3 heterocycles. The third-order valence-electron chi connectivity index (χ3n) is 4.41. The average molecular weight is 371 g/mol. The van der Waals surface area contributed by atoms with Crippen LogP contribution in [0.25, 0.3) is 11.4 Å². The van der Waals surface area contributed by atoms with Crippen molar-refractivity contribution < 1.29 is 13.2 Å². The summed E-state index contributed by atoms with van der Waals surface area (Å²) in [5, 5.41) is 0. The molecule has 0 N–H and O–H groups in total. The number of hydrogen-bond acceptors (Lipinski definition) is 5. The summed E-state index contributed by atoms with van der Waals surface area (Å²) in [5.74, 6) is -0.406. The summed E-state index contributed by atoms with van der Waals surface area (Å²) in [5.41, 5.74) is 3.11. The molecule has 0 bridgehead atoms. The molecule has 0 amide bonds. The van der Waals surface area contributed by atoms with Crippen LogP contribution in [0.5, 0.6) is 0 Å². The van der Waals surface area contributed by atoms with Gasteiger partial charge in [-0.05, 0) is 0 Å². The number of nitrogens with zero attached hydrogens (tertiary/aromatic N) is 5. The van der Waals surface area contributed by atoms with Gasteiger partial charge in [-0.2, -0.15) is 13.2 Å². The second-order valence-corrected chi connectivity index (χ2v) is 6.40. The van der Waals surface area contributed by atoms with E-state index in [1.165, 1.54) is 6.20 Å². The Bertz CT molecular complexity index is 926. The fourth-order valence-electron chi connectivity index (χ4n) is 3.08. The fourth-order valence-corrected chi connectivity index (χ4v) is 3.08. The Morgan fingerprint density at radius 3 is 2.41 bits per heavy atom. The van der Waals surface area contributed by atoms with Crippen LogP contribution in [0.15, 0.2) is 48.9 Å². The van der Waals surface area contributed by atoms with Crippen molar-refractivity contribution in [2.75, 3.05) is 6.54 Å². The maximum Gasteiger partial charge on any atom is 0.451 e. The van der Waals surface area contributed by atoms with Gasteiger partial charge in [-0.15, -0.1) is 0 Å². The summed E-state index contributed by atoms with van der Waals surface area (Å²) >= 11 is 0. The van der Waals surface area contributed by atoms with E-state index in [4.69, 9.17) is 0 Å². The Morgan fingerprint density at radius 2 is 1.70 bits per heavy atom. The van der Waals surface area contributed by atoms with Gasteiger partial charge < -0.3 is 0 Å². The van der Waals surface area contributed by atoms with Crippen LogP contribution in [0.1, 0.15) is 22.6 Å². The number of fused-ring (bicyclic) bond motifs is 1. The molecule has 0 saturated heterocycles. The first-order chi connectivity index (χ1) is 13.0. The van der Waals surface area contributed by atoms with E-state index in [1.54, 1.807) is 12.4 Å². The first-order valence-corrected chi connectivity index (χ1v) is 8.50. The van der Waals surface area contributed by atoms with Crippen molar-refractivity contribution in [1.29, 1.82) is 0 Å². The first-order valence-electron chi connectivity index (χ1n) is 8.50. The molecule has 1 aromatic carbocycles. The van der Waals surface area contributed by atoms with Crippen molar-refractivity contribution in [1.82, 2.24) is 24.8 Å². The van der Waals surface area contributed by atoms with E-state index in [2.05, 4.69) is 24.8 Å². The fraction of sp³-hybridized carbons (Fsp3) is 0.263. The highest BCUT2D eigenvalue weighted by Gasteiger charge is 2.35. The zero-order valence-electron chi connectivity index (χ0n) is 14.3. The predicted octanol–water partition coefficient (Wildman–Crippen LogP) is 3.51. The normalized spacial score (nSPS) is 14.8. The van der Waals surface area contributed by atoms with E-state index in [9.17, 15) is 13.2 Å². The Labute approximate surface area is 153 Å². The SMILES string of the molecule is FC(F)(F)c1ncc2c(n1)CCN(Cc1cnc(-c3ccccc3)nc1)C2. The molecule has 8 heteroatoms. The van der Waals surface area contributed by atoms with Gasteiger partial charge in [0.15, 0.2) is 5.82 Å². The molecule has 5 nitrogen and oxygen atoms in total. The molecule has 0 aliphatic carbocycles. The van der Waals surface area contributed by atoms with Crippen molar-refractivity contribution in [3.05, 3.63) is 71.6 Å². The lowest BCUT2D eigenvalue weighted by Crippen LogP contribution is -2.31. The minimum atomic E-state index is -4.51. The van der Waals surface area contributed by atoms with E-state index in [0.717, 1.165) is 16.7 Å². The number of benzene rings is 1. The molecular weight excluding hydrogens is 355 g/mol. The topological polar surface area (TPSA) is 54.8 Å². The quantitative estimate of drug-likeness (QED) is 0.705. The van der Waals surface area contributed by atoms with Crippen molar-refractivity contribution >= 4 is 0 Å². The molecule has 3 aromatic rings. The van der Waals surface area contributed by atoms with Gasteiger partial charge in [-0.1, -0.05) is 30.3 Å². The van der Waals surface area contributed by atoms with Crippen LogP contribution in [0.3, 0.4) is 0 Å². The van der Waals surface area contributed by atoms with Crippen LogP contribution in [0.2, 0.25) is 0 Å². The van der Waals surface area contributed by atoms with Crippen LogP contribution in [-0.4, -0.2) is 31.4 Å². The van der Waals surface area contributed by atoms with Crippen molar-refractivity contribution in [2.24, 2.45) is 0 Å². The summed E-state index contributed by atoms with van der Waals surface area (Å²) in [6.07, 6.45) is 0.808. The van der Waals surface area contributed by atoms with Gasteiger partial charge in [0, 0.05) is 61.3 Å². The number of hydrogen-bond donors (Lipinski definition) is 0. The third kappa shape index (κ3) is 3.95. The highest BCUT2D eigenvalue weighted by atomic mass is 19.4. The lowest BCUT2D eigenvalue weighted by Gasteiger charge is -2.28. The molecule has 138 valence electrons. The maximum absolute atomic E-state index is 12.7. The van der Waals surface area contributed by atoms with E-state index >= 15 is 0 Å². The van der Waals surface area contributed by atoms with E-state index in [0.29, 0.717) is 37.6 Å². The lowest BCUT2D eigenvalue weighted by atomic mass is 10.1. The number of alkyl halides is 3. The van der Waals surface area contributed by atoms with Crippen LogP contribution >= 0.6 is 0 Å². The summed E-state index contributed by atoms with van der Waals surface area (Å²) in [7, 11) is 0. The minimum absolute atomic E-state index is 0.462. The van der Waals surface area contributed by atoms with E-state index < -0.39 is 12.0 Å². The van der Waals surface area contributed by atoms with Gasteiger partial charge in [-0.3, -0.25) is 4.90 Å². The van der Waals surface area contributed by atoms with Crippen molar-refractivity contribution in [3.63, 3.8) is 0 Å². The second-order valence-electron chi connectivity index (χ2n) is 6.40. The van der Waals surface area contributed by atoms with E-state index in [1.807, 2.05) is 30.3 Å². The van der Waals surface area contributed by atoms with Crippen LogP contribution < -0.4 is 0 Å². The Balaban J connectivity index is 1.44. The molecule has 1 aliphatic heterocycles. The van der Waals surface area contributed by atoms with Gasteiger partial charge in [0.2, 0.25) is 5.82 Å². The smallest absolute Gasteiger partial charge is 0.294 e. The molecule has 0 radical (unpaired) electrons. The molecule has 2 aromatic heterocycles. The van der Waals surface area contributed by atoms with Gasteiger partial charge in [0.05, 0.1) is 5.69 Å². The molecule has 0 atom stereocenters. The molecule has 4 rings (SSSR count). The second kappa shape index (κ2) is 7.03. The van der Waals surface area contributed by atoms with Gasteiger partial charge in [0.25, 0.3) is 0 Å². The highest BCUT2D eigenvalue weighted by Crippen LogP contribution is 2.28. The standard InChI is InChI=1S/C19H16F3N5/c20-19(21,22)18-25-10-15-12-27(7-6-16(15)26-18)11-13-8-23-17(24-9-13)14-4-2-1-3-5-14/h1-5,8-10H,6-7,11-12H2. The van der Waals surface area contributed by atoms with Crippen molar-refractivity contribution in [2.45, 2.75) is 25.7 Å². The summed E-state index contributed by atoms with van der Waals surface area (Å²) in [6.45, 7) is 1.76. The predicted molar refractivity (Wildman–Crippen MR) is 92.3 cm³/mol. The number of aromatic nitrogens is 4. The number of halogens is 3. The zero-order valence-corrected chi connectivity index (χ0v) is 14.3. The van der Waals surface area contributed by atoms with Crippen LogP contribution in [0, 0.1) is 0 Å². The first kappa shape index (κ1) is 17.5. The van der Waals surface area contributed by atoms with Crippen LogP contribution in [0.4, 0.5) is 13.2 Å².